The van der Waals surface area contributed by atoms with Crippen LogP contribution >= 0.6 is 0 Å². The summed E-state index contributed by atoms with van der Waals surface area (Å²) in [5.74, 6) is 0. The van der Waals surface area contributed by atoms with Crippen LogP contribution < -0.4 is 23.0 Å². The first-order chi connectivity index (χ1) is 1.41. The fraction of sp³-hybridized carbons (Fsp3) is 0. The monoisotopic (exact) mass is 133 g/mol. The van der Waals surface area contributed by atoms with E-state index >= 15 is 0 Å². The molecule has 5 heteroatoms. The van der Waals surface area contributed by atoms with E-state index in [-0.39, 0.29) is 23.6 Å². The normalized spacial score (nSPS) is 2.40. The van der Waals surface area contributed by atoms with Crippen LogP contribution in [0.5, 0.6) is 0 Å². The third-order valence-corrected chi connectivity index (χ3v) is 0. The van der Waals surface area contributed by atoms with Gasteiger partial charge in [-0.05, 0) is 0 Å². The first-order valence-corrected chi connectivity index (χ1v) is 2.12. The predicted molar refractivity (Wildman–Crippen MR) is 8.94 cm³/mol. The van der Waals surface area contributed by atoms with Crippen LogP contribution in [0.4, 0.5) is 4.70 Å². The second-order valence-corrected chi connectivity index (χ2v) is 0.433. The van der Waals surface area contributed by atoms with Gasteiger partial charge in [0.2, 0.25) is 0 Å². The molecule has 0 aliphatic carbocycles. The molecule has 0 aromatic carbocycles. The first-order valence-electron chi connectivity index (χ1n) is 0.408. The van der Waals surface area contributed by atoms with Gasteiger partial charge in [-0.1, -0.05) is 0 Å². The van der Waals surface area contributed by atoms with Gasteiger partial charge in [-0.2, -0.15) is 0 Å². The summed E-state index contributed by atoms with van der Waals surface area (Å²) in [6.45, 7) is 0. The van der Waals surface area contributed by atoms with Gasteiger partial charge in [-0.15, -0.1) is 0 Å². The number of rotatable bonds is 0. The van der Waals surface area contributed by atoms with E-state index in [4.69, 9.17) is 7.91 Å². The molecule has 0 aliphatic rings. The van der Waals surface area contributed by atoms with E-state index in [9.17, 15) is 0 Å². The topological polar surface area (TPSA) is 40.1 Å². The van der Waals surface area contributed by atoms with Crippen molar-refractivity contribution in [2.45, 2.75) is 0 Å². The van der Waals surface area contributed by atoms with Gasteiger partial charge < -0.3 is 0 Å². The van der Waals surface area contributed by atoms with Gasteiger partial charge in [0.1, 0.15) is 0 Å². The Labute approximate surface area is 47.5 Å². The van der Waals surface area contributed by atoms with Gasteiger partial charge in [-0.25, -0.2) is 0 Å². The Morgan fingerprint density at radius 1 is 1.60 bits per heavy atom. The molecule has 0 aromatic heterocycles. The van der Waals surface area contributed by atoms with Crippen molar-refractivity contribution in [3.8, 4) is 0 Å². The average Bonchev–Trinajstić information content (AvgIpc) is 0.918. The Bertz CT molecular complexity index is 17.1. The fourth-order valence-corrected chi connectivity index (χ4v) is 0. The molecular weight excluding hydrogens is 131 g/mol. The van der Waals surface area contributed by atoms with Crippen LogP contribution in [-0.2, 0) is 3.78 Å². The van der Waals surface area contributed by atoms with Crippen molar-refractivity contribution in [3.05, 3.63) is 0 Å². The third-order valence-electron chi connectivity index (χ3n) is 0. The van der Waals surface area contributed by atoms with E-state index in [0.29, 0.717) is 0 Å². The molecule has 0 saturated heterocycles. The molecule has 0 spiro atoms. The molecule has 0 saturated carbocycles. The predicted octanol–water partition coefficient (Wildman–Crippen LogP) is -4.53. The standard InChI is InChI=1S/FH.GeO2.Li/c;2-1-3;/h1H;;/q;-1;+1. The van der Waals surface area contributed by atoms with Crippen LogP contribution in [0.15, 0.2) is 0 Å². The van der Waals surface area contributed by atoms with Crippen LogP contribution in [0.2, 0.25) is 0 Å². The second kappa shape index (κ2) is 22.6. The summed E-state index contributed by atoms with van der Waals surface area (Å²) < 4.78 is 17.0. The van der Waals surface area contributed by atoms with E-state index in [1.165, 1.54) is 0 Å². The first kappa shape index (κ1) is 17.3. The van der Waals surface area contributed by atoms with Crippen LogP contribution in [0.25, 0.3) is 0 Å². The molecule has 0 aliphatic heterocycles. The Balaban J connectivity index is -0.0000000200. The number of hydrogen-bond acceptors (Lipinski definition) is 2. The molecule has 5 heavy (non-hydrogen) atoms. The summed E-state index contributed by atoms with van der Waals surface area (Å²) in [5, 5.41) is 0. The molecule has 2 nitrogen and oxygen atoms in total. The maximum absolute atomic E-state index is 8.50. The molecular formula is HFGeLiO2. The van der Waals surface area contributed by atoms with Crippen molar-refractivity contribution < 1.29 is 31.5 Å². The van der Waals surface area contributed by atoms with Crippen molar-refractivity contribution >= 4 is 15.7 Å². The van der Waals surface area contributed by atoms with Gasteiger partial charge in [0.05, 0.1) is 0 Å². The van der Waals surface area contributed by atoms with Crippen molar-refractivity contribution in [1.29, 1.82) is 0 Å². The molecule has 1 radical (unpaired) electrons. The zero-order chi connectivity index (χ0) is 2.71. The van der Waals surface area contributed by atoms with Crippen LogP contribution in [0.1, 0.15) is 0 Å². The van der Waals surface area contributed by atoms with Gasteiger partial charge >= 0.3 is 42.5 Å². The zero-order valence-corrected chi connectivity index (χ0v) is 4.82. The molecule has 0 N–H and O–H groups in total. The van der Waals surface area contributed by atoms with Crippen LogP contribution in [0.3, 0.4) is 0 Å². The molecule has 25 valence electrons. The summed E-state index contributed by atoms with van der Waals surface area (Å²) >= 11 is -2.00. The summed E-state index contributed by atoms with van der Waals surface area (Å²) in [6.07, 6.45) is 0. The summed E-state index contributed by atoms with van der Waals surface area (Å²) in [6, 6.07) is 0. The van der Waals surface area contributed by atoms with Crippen molar-refractivity contribution in [2.75, 3.05) is 0 Å². The molecule has 0 amide bonds. The van der Waals surface area contributed by atoms with Gasteiger partial charge in [-0.3, -0.25) is 4.70 Å². The van der Waals surface area contributed by atoms with E-state index < -0.39 is 15.7 Å². The van der Waals surface area contributed by atoms with E-state index in [2.05, 4.69) is 0 Å². The molecule has 0 bridgehead atoms. The molecule has 0 unspecified atom stereocenters. The minimum absolute atomic E-state index is 0. The van der Waals surface area contributed by atoms with Crippen LogP contribution in [-0.4, -0.2) is 15.7 Å². The Morgan fingerprint density at radius 3 is 1.60 bits per heavy atom. The van der Waals surface area contributed by atoms with Crippen molar-refractivity contribution in [1.82, 2.24) is 0 Å². The molecule has 0 heterocycles. The average molecular weight is 132 g/mol. The molecule has 0 atom stereocenters. The summed E-state index contributed by atoms with van der Waals surface area (Å²) in [4.78, 5) is 0. The maximum atomic E-state index is 8.50. The SMILES string of the molecule is F.[Li+].[O]=[Ge][O-]. The van der Waals surface area contributed by atoms with Crippen LogP contribution in [0, 0.1) is 0 Å². The number of hydrogen-bond donors (Lipinski definition) is 0. The van der Waals surface area contributed by atoms with Crippen molar-refractivity contribution in [2.24, 2.45) is 0 Å². The summed E-state index contributed by atoms with van der Waals surface area (Å²) in [5.41, 5.74) is 0. The third kappa shape index (κ3) is 74.1. The Hall–Kier alpha value is 0.670. The molecule has 0 fully saturated rings. The van der Waals surface area contributed by atoms with Gasteiger partial charge in [0.25, 0.3) is 0 Å². The molecule has 0 rings (SSSR count). The summed E-state index contributed by atoms with van der Waals surface area (Å²) in [7, 11) is 0. The Morgan fingerprint density at radius 2 is 1.60 bits per heavy atom. The molecule has 0 aromatic rings. The number of halogens is 1. The quantitative estimate of drug-likeness (QED) is 0.311. The van der Waals surface area contributed by atoms with E-state index in [1.54, 1.807) is 0 Å². The Kier molecular flexibility index (Phi) is 78.2. The minimum atomic E-state index is -2.00. The zero-order valence-electron chi connectivity index (χ0n) is 2.72. The van der Waals surface area contributed by atoms with E-state index in [0.717, 1.165) is 0 Å². The van der Waals surface area contributed by atoms with Gasteiger partial charge in [0.15, 0.2) is 0 Å². The van der Waals surface area contributed by atoms with Crippen molar-refractivity contribution in [3.63, 3.8) is 0 Å². The van der Waals surface area contributed by atoms with E-state index in [1.807, 2.05) is 0 Å². The fourth-order valence-electron chi connectivity index (χ4n) is 0. The second-order valence-electron chi connectivity index (χ2n) is 0.0833. The van der Waals surface area contributed by atoms with Gasteiger partial charge in [0, 0.05) is 0 Å².